The van der Waals surface area contributed by atoms with Gasteiger partial charge < -0.3 is 14.9 Å². The van der Waals surface area contributed by atoms with Crippen molar-refractivity contribution in [1.82, 2.24) is 4.90 Å². The summed E-state index contributed by atoms with van der Waals surface area (Å²) in [5.74, 6) is 0.920. The highest BCUT2D eigenvalue weighted by Crippen LogP contribution is 2.41. The van der Waals surface area contributed by atoms with E-state index < -0.39 is 12.2 Å². The molecule has 1 fully saturated rings. The van der Waals surface area contributed by atoms with E-state index in [0.717, 1.165) is 24.3 Å². The number of hydrogen-bond acceptors (Lipinski definition) is 4. The number of piperidine rings is 1. The molecule has 0 saturated carbocycles. The number of aryl methyl sites for hydroxylation is 2. The van der Waals surface area contributed by atoms with Crippen molar-refractivity contribution < 1.29 is 14.9 Å². The number of nitrogens with zero attached hydrogens (tertiary/aromatic N) is 1. The molecule has 0 aromatic heterocycles. The summed E-state index contributed by atoms with van der Waals surface area (Å²) in [6.45, 7) is 5.59. The minimum absolute atomic E-state index is 0.268. The first-order chi connectivity index (χ1) is 13.5. The third-order valence-electron chi connectivity index (χ3n) is 6.71. The van der Waals surface area contributed by atoms with E-state index in [1.54, 1.807) is 7.11 Å². The van der Waals surface area contributed by atoms with E-state index in [2.05, 4.69) is 49.1 Å². The Morgan fingerprint density at radius 1 is 0.929 bits per heavy atom. The van der Waals surface area contributed by atoms with Crippen molar-refractivity contribution >= 4 is 21.5 Å². The van der Waals surface area contributed by atoms with Gasteiger partial charge in [-0.3, -0.25) is 4.90 Å². The zero-order chi connectivity index (χ0) is 19.6. The second-order valence-corrected chi connectivity index (χ2v) is 8.53. The van der Waals surface area contributed by atoms with Crippen LogP contribution in [0, 0.1) is 13.8 Å². The lowest BCUT2D eigenvalue weighted by atomic mass is 9.81. The molecular weight excluding hydrogens is 350 g/mol. The maximum Gasteiger partial charge on any atom is 0.122 e. The predicted molar refractivity (Wildman–Crippen MR) is 112 cm³/mol. The molecule has 2 aliphatic heterocycles. The molecule has 3 atom stereocenters. The van der Waals surface area contributed by atoms with Gasteiger partial charge in [-0.1, -0.05) is 23.8 Å². The Hall–Kier alpha value is -2.14. The molecular formula is C24H27NO3. The van der Waals surface area contributed by atoms with Gasteiger partial charge in [-0.15, -0.1) is 0 Å². The van der Waals surface area contributed by atoms with E-state index >= 15 is 0 Å². The van der Waals surface area contributed by atoms with Crippen molar-refractivity contribution in [1.29, 1.82) is 0 Å². The van der Waals surface area contributed by atoms with E-state index in [1.807, 2.05) is 0 Å². The zero-order valence-electron chi connectivity index (χ0n) is 16.7. The monoisotopic (exact) mass is 377 g/mol. The average Bonchev–Trinajstić information content (AvgIpc) is 2.67. The van der Waals surface area contributed by atoms with Gasteiger partial charge >= 0.3 is 0 Å². The average molecular weight is 377 g/mol. The molecule has 3 aromatic rings. The number of aliphatic hydroxyl groups excluding tert-OH is 2. The first-order valence-corrected chi connectivity index (χ1v) is 10.1. The summed E-state index contributed by atoms with van der Waals surface area (Å²) in [5.41, 5.74) is 5.13. The number of hydrogen-bond donors (Lipinski definition) is 2. The first-order valence-electron chi connectivity index (χ1n) is 10.1. The normalized spacial score (nSPS) is 25.0. The van der Waals surface area contributed by atoms with Crippen LogP contribution in [-0.2, 0) is 13.0 Å². The molecule has 0 amide bonds. The minimum Gasteiger partial charge on any atom is -0.496 e. The molecule has 5 rings (SSSR count). The van der Waals surface area contributed by atoms with E-state index in [1.165, 1.54) is 38.2 Å². The molecule has 0 unspecified atom stereocenters. The quantitative estimate of drug-likeness (QED) is 0.638. The zero-order valence-corrected chi connectivity index (χ0v) is 16.7. The molecule has 4 nitrogen and oxygen atoms in total. The van der Waals surface area contributed by atoms with E-state index in [0.29, 0.717) is 13.0 Å². The molecule has 1 saturated heterocycles. The van der Waals surface area contributed by atoms with E-state index in [-0.39, 0.29) is 6.04 Å². The number of benzene rings is 3. The molecule has 28 heavy (non-hydrogen) atoms. The lowest BCUT2D eigenvalue weighted by Crippen LogP contribution is -2.54. The fourth-order valence-electron chi connectivity index (χ4n) is 5.20. The lowest BCUT2D eigenvalue weighted by Gasteiger charge is -2.44. The SMILES string of the molecule is COc1cc2c3c(c4ccc(C)cc4c2cc1C)CN1C[C@H](O)[C@@H](O)C[C@@H]1C3. The summed E-state index contributed by atoms with van der Waals surface area (Å²) in [4.78, 5) is 2.34. The Balaban J connectivity index is 1.80. The second-order valence-electron chi connectivity index (χ2n) is 8.53. The van der Waals surface area contributed by atoms with Crippen LogP contribution in [0.3, 0.4) is 0 Å². The van der Waals surface area contributed by atoms with Crippen LogP contribution in [0.4, 0.5) is 0 Å². The molecule has 2 N–H and O–H groups in total. The van der Waals surface area contributed by atoms with Crippen LogP contribution in [0.1, 0.15) is 28.7 Å². The maximum absolute atomic E-state index is 10.2. The van der Waals surface area contributed by atoms with Gasteiger partial charge in [-0.25, -0.2) is 0 Å². The van der Waals surface area contributed by atoms with Crippen LogP contribution >= 0.6 is 0 Å². The lowest BCUT2D eigenvalue weighted by molar-refractivity contribution is -0.0663. The minimum atomic E-state index is -0.658. The van der Waals surface area contributed by atoms with Gasteiger partial charge in [-0.2, -0.15) is 0 Å². The van der Waals surface area contributed by atoms with Crippen molar-refractivity contribution in [2.45, 2.75) is 51.5 Å². The number of ether oxygens (including phenoxy) is 1. The number of aliphatic hydroxyl groups is 2. The van der Waals surface area contributed by atoms with E-state index in [4.69, 9.17) is 4.74 Å². The number of fused-ring (bicyclic) bond motifs is 7. The van der Waals surface area contributed by atoms with Crippen molar-refractivity contribution in [2.75, 3.05) is 13.7 Å². The van der Waals surface area contributed by atoms with Gasteiger partial charge in [0.15, 0.2) is 0 Å². The molecule has 0 aliphatic carbocycles. The van der Waals surface area contributed by atoms with Crippen molar-refractivity contribution in [3.8, 4) is 5.75 Å². The standard InChI is InChI=1S/C24H27NO3/c1-13-4-5-16-17(6-13)18-7-14(2)24(28-3)10-20(18)19-8-15-9-22(26)23(27)12-25(15)11-21(16)19/h4-7,10,15,22-23,26-27H,8-9,11-12H2,1-3H3/t15-,22-,23-/m0/s1. The second kappa shape index (κ2) is 6.45. The van der Waals surface area contributed by atoms with Gasteiger partial charge in [-0.05, 0) is 77.1 Å². The van der Waals surface area contributed by atoms with Crippen LogP contribution < -0.4 is 4.74 Å². The van der Waals surface area contributed by atoms with Gasteiger partial charge in [0.2, 0.25) is 0 Å². The molecule has 2 heterocycles. The van der Waals surface area contributed by atoms with Gasteiger partial charge in [0.05, 0.1) is 19.3 Å². The van der Waals surface area contributed by atoms with Crippen LogP contribution in [-0.4, -0.2) is 47.0 Å². The number of methoxy groups -OCH3 is 1. The summed E-state index contributed by atoms with van der Waals surface area (Å²) in [6, 6.07) is 11.4. The largest absolute Gasteiger partial charge is 0.496 e. The molecule has 0 spiro atoms. The summed E-state index contributed by atoms with van der Waals surface area (Å²) < 4.78 is 5.63. The summed E-state index contributed by atoms with van der Waals surface area (Å²) in [5, 5.41) is 25.5. The van der Waals surface area contributed by atoms with Crippen LogP contribution in [0.2, 0.25) is 0 Å². The summed E-state index contributed by atoms with van der Waals surface area (Å²) >= 11 is 0. The fourth-order valence-corrected chi connectivity index (χ4v) is 5.20. The Bertz CT molecular complexity index is 1090. The highest BCUT2D eigenvalue weighted by Gasteiger charge is 2.37. The third-order valence-corrected chi connectivity index (χ3v) is 6.71. The molecule has 0 radical (unpaired) electrons. The summed E-state index contributed by atoms with van der Waals surface area (Å²) in [7, 11) is 1.73. The number of rotatable bonds is 1. The van der Waals surface area contributed by atoms with E-state index in [9.17, 15) is 10.2 Å². The molecule has 0 bridgehead atoms. The highest BCUT2D eigenvalue weighted by molar-refractivity contribution is 6.11. The molecule has 4 heteroatoms. The van der Waals surface area contributed by atoms with Gasteiger partial charge in [0.25, 0.3) is 0 Å². The highest BCUT2D eigenvalue weighted by atomic mass is 16.5. The third kappa shape index (κ3) is 2.63. The van der Waals surface area contributed by atoms with Crippen molar-refractivity contribution in [2.24, 2.45) is 0 Å². The predicted octanol–water partition coefficient (Wildman–Crippen LogP) is 3.47. The fraction of sp³-hybridized carbons (Fsp3) is 0.417. The smallest absolute Gasteiger partial charge is 0.122 e. The van der Waals surface area contributed by atoms with Crippen molar-refractivity contribution in [3.05, 3.63) is 52.6 Å². The maximum atomic E-state index is 10.2. The van der Waals surface area contributed by atoms with Crippen LogP contribution in [0.25, 0.3) is 21.5 Å². The van der Waals surface area contributed by atoms with Crippen molar-refractivity contribution in [3.63, 3.8) is 0 Å². The van der Waals surface area contributed by atoms with Gasteiger partial charge in [0, 0.05) is 19.1 Å². The topological polar surface area (TPSA) is 52.9 Å². The van der Waals surface area contributed by atoms with Crippen LogP contribution in [0.5, 0.6) is 5.75 Å². The Kier molecular flexibility index (Phi) is 4.13. The summed E-state index contributed by atoms with van der Waals surface area (Å²) in [6.07, 6.45) is 0.228. The van der Waals surface area contributed by atoms with Crippen LogP contribution in [0.15, 0.2) is 30.3 Å². The molecule has 146 valence electrons. The Morgan fingerprint density at radius 2 is 1.71 bits per heavy atom. The molecule has 3 aromatic carbocycles. The molecule has 2 aliphatic rings. The van der Waals surface area contributed by atoms with Gasteiger partial charge in [0.1, 0.15) is 5.75 Å². The Labute approximate surface area is 165 Å². The Morgan fingerprint density at radius 3 is 2.50 bits per heavy atom. The first kappa shape index (κ1) is 17.9.